The van der Waals surface area contributed by atoms with Gasteiger partial charge in [-0.05, 0) is 26.2 Å². The molecule has 0 spiro atoms. The van der Waals surface area contributed by atoms with Gasteiger partial charge >= 0.3 is 0 Å². The second kappa shape index (κ2) is 5.81. The smallest absolute Gasteiger partial charge is 0.273 e. The lowest BCUT2D eigenvalue weighted by Gasteiger charge is -2.24. The van der Waals surface area contributed by atoms with Crippen LogP contribution in [0.1, 0.15) is 53.1 Å². The van der Waals surface area contributed by atoms with E-state index in [1.54, 1.807) is 0 Å². The lowest BCUT2D eigenvalue weighted by Crippen LogP contribution is -2.41. The average Bonchev–Trinajstić information content (AvgIpc) is 3.25. The van der Waals surface area contributed by atoms with Gasteiger partial charge in [-0.15, -0.1) is 0 Å². The summed E-state index contributed by atoms with van der Waals surface area (Å²) in [6.45, 7) is 3.44. The SMILES string of the molecule is Cc1cn2c(n1)CCC(NC(=O)c1ncoc1C1CCCO1)C2. The number of hydrogen-bond donors (Lipinski definition) is 1. The molecule has 1 saturated heterocycles. The molecule has 23 heavy (non-hydrogen) atoms. The van der Waals surface area contributed by atoms with E-state index in [2.05, 4.69) is 19.9 Å². The summed E-state index contributed by atoms with van der Waals surface area (Å²) in [7, 11) is 0. The summed E-state index contributed by atoms with van der Waals surface area (Å²) in [5.41, 5.74) is 1.37. The first-order chi connectivity index (χ1) is 11.2. The minimum atomic E-state index is -0.186. The van der Waals surface area contributed by atoms with Crippen LogP contribution in [0.4, 0.5) is 0 Å². The van der Waals surface area contributed by atoms with Crippen molar-refractivity contribution in [1.82, 2.24) is 19.9 Å². The number of aryl methyl sites for hydroxylation is 2. The van der Waals surface area contributed by atoms with Crippen molar-refractivity contribution in [1.29, 1.82) is 0 Å². The van der Waals surface area contributed by atoms with Gasteiger partial charge in [0.1, 0.15) is 11.9 Å². The zero-order valence-corrected chi connectivity index (χ0v) is 13.1. The Bertz CT molecular complexity index is 715. The van der Waals surface area contributed by atoms with Crippen molar-refractivity contribution in [2.75, 3.05) is 6.61 Å². The largest absolute Gasteiger partial charge is 0.445 e. The Morgan fingerprint density at radius 1 is 1.43 bits per heavy atom. The molecule has 2 aliphatic heterocycles. The number of oxazole rings is 1. The molecule has 1 amide bonds. The number of nitrogens with one attached hydrogen (secondary N) is 1. The number of carbonyl (C=O) groups excluding carboxylic acids is 1. The Morgan fingerprint density at radius 2 is 2.35 bits per heavy atom. The van der Waals surface area contributed by atoms with E-state index in [-0.39, 0.29) is 18.1 Å². The fraction of sp³-hybridized carbons (Fsp3) is 0.562. The van der Waals surface area contributed by atoms with Gasteiger partial charge in [0.2, 0.25) is 0 Å². The topological polar surface area (TPSA) is 82.2 Å². The molecule has 4 rings (SSSR count). The van der Waals surface area contributed by atoms with E-state index in [9.17, 15) is 4.79 Å². The standard InChI is InChI=1S/C16H20N4O3/c1-10-7-20-8-11(4-5-13(20)18-10)19-16(21)14-15(23-9-17-14)12-3-2-6-22-12/h7,9,11-12H,2-6,8H2,1H3,(H,19,21). The Balaban J connectivity index is 1.46. The monoisotopic (exact) mass is 316 g/mol. The number of hydrogen-bond acceptors (Lipinski definition) is 5. The third-order valence-electron chi connectivity index (χ3n) is 4.48. The van der Waals surface area contributed by atoms with Gasteiger partial charge in [0.05, 0.1) is 5.69 Å². The molecule has 2 unspecified atom stereocenters. The highest BCUT2D eigenvalue weighted by Crippen LogP contribution is 2.30. The molecule has 2 aliphatic rings. The number of rotatable bonds is 3. The Morgan fingerprint density at radius 3 is 3.17 bits per heavy atom. The Kier molecular flexibility index (Phi) is 3.65. The fourth-order valence-corrected chi connectivity index (χ4v) is 3.40. The molecule has 2 aromatic heterocycles. The summed E-state index contributed by atoms with van der Waals surface area (Å²) in [6, 6.07) is 0.0812. The van der Waals surface area contributed by atoms with Crippen molar-refractivity contribution >= 4 is 5.91 Å². The molecule has 0 bridgehead atoms. The maximum Gasteiger partial charge on any atom is 0.273 e. The van der Waals surface area contributed by atoms with E-state index in [1.807, 2.05) is 13.1 Å². The third kappa shape index (κ3) is 2.76. The molecule has 4 heterocycles. The molecule has 0 aromatic carbocycles. The quantitative estimate of drug-likeness (QED) is 0.933. The van der Waals surface area contributed by atoms with E-state index >= 15 is 0 Å². The Labute approximate surface area is 134 Å². The number of aromatic nitrogens is 3. The number of nitrogens with zero attached hydrogens (tertiary/aromatic N) is 3. The van der Waals surface area contributed by atoms with E-state index in [1.165, 1.54) is 6.39 Å². The van der Waals surface area contributed by atoms with Gasteiger partial charge in [0, 0.05) is 31.8 Å². The highest BCUT2D eigenvalue weighted by molar-refractivity contribution is 5.93. The van der Waals surface area contributed by atoms with Gasteiger partial charge in [-0.1, -0.05) is 0 Å². The van der Waals surface area contributed by atoms with Crippen LogP contribution in [0.25, 0.3) is 0 Å². The van der Waals surface area contributed by atoms with Crippen LogP contribution in [-0.2, 0) is 17.7 Å². The molecule has 0 saturated carbocycles. The summed E-state index contributed by atoms with van der Waals surface area (Å²) in [4.78, 5) is 21.1. The molecular weight excluding hydrogens is 296 g/mol. The zero-order chi connectivity index (χ0) is 15.8. The number of fused-ring (bicyclic) bond motifs is 1. The minimum Gasteiger partial charge on any atom is -0.445 e. The van der Waals surface area contributed by atoms with E-state index < -0.39 is 0 Å². The fourth-order valence-electron chi connectivity index (χ4n) is 3.40. The summed E-state index contributed by atoms with van der Waals surface area (Å²) in [5.74, 6) is 1.46. The van der Waals surface area contributed by atoms with Gasteiger partial charge < -0.3 is 19.0 Å². The van der Waals surface area contributed by atoms with Crippen LogP contribution in [0, 0.1) is 6.92 Å². The first-order valence-electron chi connectivity index (χ1n) is 8.09. The molecule has 7 heteroatoms. The van der Waals surface area contributed by atoms with E-state index in [0.717, 1.165) is 43.7 Å². The number of imidazole rings is 1. The van der Waals surface area contributed by atoms with Gasteiger partial charge in [-0.2, -0.15) is 0 Å². The van der Waals surface area contributed by atoms with Crippen LogP contribution in [0.2, 0.25) is 0 Å². The van der Waals surface area contributed by atoms with Crippen LogP contribution in [0.15, 0.2) is 17.0 Å². The van der Waals surface area contributed by atoms with Crippen LogP contribution >= 0.6 is 0 Å². The molecule has 1 fully saturated rings. The number of ether oxygens (including phenoxy) is 1. The van der Waals surface area contributed by atoms with Crippen molar-refractivity contribution in [2.24, 2.45) is 0 Å². The maximum atomic E-state index is 12.6. The van der Waals surface area contributed by atoms with E-state index in [0.29, 0.717) is 18.1 Å². The number of carbonyl (C=O) groups is 1. The predicted molar refractivity (Wildman–Crippen MR) is 81.0 cm³/mol. The van der Waals surface area contributed by atoms with Crippen LogP contribution in [0.5, 0.6) is 0 Å². The van der Waals surface area contributed by atoms with Crippen molar-refractivity contribution < 1.29 is 13.9 Å². The van der Waals surface area contributed by atoms with Crippen molar-refractivity contribution in [3.63, 3.8) is 0 Å². The summed E-state index contributed by atoms with van der Waals surface area (Å²) >= 11 is 0. The molecule has 2 aromatic rings. The lowest BCUT2D eigenvalue weighted by molar-refractivity contribution is 0.0847. The minimum absolute atomic E-state index is 0.0812. The van der Waals surface area contributed by atoms with Crippen LogP contribution in [-0.4, -0.2) is 33.1 Å². The number of amides is 1. The first kappa shape index (κ1) is 14.4. The van der Waals surface area contributed by atoms with Gasteiger partial charge in [0.25, 0.3) is 5.91 Å². The van der Waals surface area contributed by atoms with Gasteiger partial charge in [-0.25, -0.2) is 9.97 Å². The summed E-state index contributed by atoms with van der Waals surface area (Å²) < 4.78 is 13.1. The molecular formula is C16H20N4O3. The summed E-state index contributed by atoms with van der Waals surface area (Å²) in [6.07, 6.45) is 6.82. The highest BCUT2D eigenvalue weighted by Gasteiger charge is 2.29. The van der Waals surface area contributed by atoms with Crippen molar-refractivity contribution in [3.8, 4) is 0 Å². The molecule has 0 aliphatic carbocycles. The highest BCUT2D eigenvalue weighted by atomic mass is 16.5. The molecule has 1 N–H and O–H groups in total. The van der Waals surface area contributed by atoms with Gasteiger partial charge in [-0.3, -0.25) is 4.79 Å². The normalized spacial score (nSPS) is 23.7. The van der Waals surface area contributed by atoms with Crippen molar-refractivity contribution in [3.05, 3.63) is 35.6 Å². The third-order valence-corrected chi connectivity index (χ3v) is 4.48. The second-order valence-corrected chi connectivity index (χ2v) is 6.23. The molecule has 122 valence electrons. The first-order valence-corrected chi connectivity index (χ1v) is 8.09. The second-order valence-electron chi connectivity index (χ2n) is 6.23. The maximum absolute atomic E-state index is 12.6. The van der Waals surface area contributed by atoms with Crippen LogP contribution in [0.3, 0.4) is 0 Å². The predicted octanol–water partition coefficient (Wildman–Crippen LogP) is 1.78. The van der Waals surface area contributed by atoms with Gasteiger partial charge in [0.15, 0.2) is 17.8 Å². The zero-order valence-electron chi connectivity index (χ0n) is 13.1. The van der Waals surface area contributed by atoms with Crippen LogP contribution < -0.4 is 5.32 Å². The van der Waals surface area contributed by atoms with Crippen molar-refractivity contribution in [2.45, 2.75) is 51.3 Å². The lowest BCUT2D eigenvalue weighted by atomic mass is 10.1. The molecule has 0 radical (unpaired) electrons. The van der Waals surface area contributed by atoms with E-state index in [4.69, 9.17) is 9.15 Å². The molecule has 2 atom stereocenters. The summed E-state index contributed by atoms with van der Waals surface area (Å²) in [5, 5.41) is 3.07. The average molecular weight is 316 g/mol. The molecule has 7 nitrogen and oxygen atoms in total. The Hall–Kier alpha value is -2.15.